The summed E-state index contributed by atoms with van der Waals surface area (Å²) < 4.78 is 8.88. The molecule has 1 rings (SSSR count). The molecule has 0 aromatic carbocycles. The van der Waals surface area contributed by atoms with Crippen LogP contribution in [0.2, 0.25) is 0 Å². The maximum absolute atomic E-state index is 8.88. The van der Waals surface area contributed by atoms with E-state index in [1.165, 1.54) is 0 Å². The highest BCUT2D eigenvalue weighted by atomic mass is 31.2. The number of hydrogen-bond donors (Lipinski definition) is 4. The van der Waals surface area contributed by atoms with Crippen molar-refractivity contribution in [1.29, 1.82) is 0 Å². The Morgan fingerprint density at radius 1 is 1.42 bits per heavy atom. The highest BCUT2D eigenvalue weighted by molar-refractivity contribution is 7.45. The van der Waals surface area contributed by atoms with Gasteiger partial charge < -0.3 is 20.4 Å². The van der Waals surface area contributed by atoms with Crippen LogP contribution in [0.3, 0.4) is 0 Å². The van der Waals surface area contributed by atoms with Gasteiger partial charge in [0.1, 0.15) is 0 Å². The third-order valence-electron chi connectivity index (χ3n) is 0.684. The zero-order valence-corrected chi connectivity index (χ0v) is 6.93. The lowest BCUT2D eigenvalue weighted by molar-refractivity contribution is 0.275. The van der Waals surface area contributed by atoms with Gasteiger partial charge in [0.05, 0.1) is 5.69 Å². The summed E-state index contributed by atoms with van der Waals surface area (Å²) in [6, 6.07) is 3.60. The summed E-state index contributed by atoms with van der Waals surface area (Å²) in [5.41, 5.74) is 6.01. The van der Waals surface area contributed by atoms with Gasteiger partial charge in [0, 0.05) is 12.4 Å². The van der Waals surface area contributed by atoms with Gasteiger partial charge in [-0.15, -0.1) is 0 Å². The summed E-state index contributed by atoms with van der Waals surface area (Å²) in [5.74, 6) is 0. The first-order valence-electron chi connectivity index (χ1n) is 2.83. The molecule has 0 aliphatic heterocycles. The van der Waals surface area contributed by atoms with Crippen molar-refractivity contribution in [2.45, 2.75) is 0 Å². The molecule has 68 valence electrons. The summed E-state index contributed by atoms with van der Waals surface area (Å²) >= 11 is 0. The van der Waals surface area contributed by atoms with Gasteiger partial charge in [-0.05, 0) is 12.1 Å². The first-order valence-corrected chi connectivity index (χ1v) is 4.40. The third kappa shape index (κ3) is 11.8. The number of aromatic nitrogens is 1. The second-order valence-electron chi connectivity index (χ2n) is 1.80. The molecule has 0 aliphatic carbocycles. The Morgan fingerprint density at radius 3 is 2.08 bits per heavy atom. The molecule has 5 N–H and O–H groups in total. The Balaban J connectivity index is 0.000000217. The van der Waals surface area contributed by atoms with Crippen molar-refractivity contribution in [3.8, 4) is 0 Å². The molecule has 0 saturated heterocycles. The predicted octanol–water partition coefficient (Wildman–Crippen LogP) is -0.265. The van der Waals surface area contributed by atoms with E-state index in [0.29, 0.717) is 5.69 Å². The summed E-state index contributed by atoms with van der Waals surface area (Å²) in [5, 5.41) is 0. The quantitative estimate of drug-likeness (QED) is 0.420. The molecule has 6 nitrogen and oxygen atoms in total. The lowest BCUT2D eigenvalue weighted by Crippen LogP contribution is -1.82. The van der Waals surface area contributed by atoms with Crippen LogP contribution in [0.15, 0.2) is 24.5 Å². The molecule has 0 aliphatic rings. The van der Waals surface area contributed by atoms with Gasteiger partial charge in [0.2, 0.25) is 0 Å². The van der Waals surface area contributed by atoms with Gasteiger partial charge in [-0.25, -0.2) is 4.57 Å². The number of phosphoric acid groups is 1. The van der Waals surface area contributed by atoms with Crippen LogP contribution in [0.1, 0.15) is 0 Å². The zero-order chi connectivity index (χ0) is 9.61. The molecule has 0 saturated carbocycles. The van der Waals surface area contributed by atoms with E-state index in [2.05, 4.69) is 4.98 Å². The van der Waals surface area contributed by atoms with Crippen LogP contribution in [0.5, 0.6) is 0 Å². The number of nitrogens with two attached hydrogens (primary N) is 1. The largest absolute Gasteiger partial charge is 0.466 e. The van der Waals surface area contributed by atoms with Gasteiger partial charge in [-0.3, -0.25) is 4.98 Å². The highest BCUT2D eigenvalue weighted by Crippen LogP contribution is 2.25. The number of nitrogens with zero attached hydrogens (tertiary/aromatic N) is 1. The Kier molecular flexibility index (Phi) is 4.46. The first-order chi connectivity index (χ1) is 5.39. The maximum atomic E-state index is 8.88. The average Bonchev–Trinajstić information content (AvgIpc) is 1.85. The standard InChI is InChI=1S/C5H6N2.H3O4P/c6-5-2-1-3-7-4-5;1-5(2,3)4/h1-4H,6H2;(H3,1,2,3,4). The van der Waals surface area contributed by atoms with Crippen molar-refractivity contribution < 1.29 is 19.2 Å². The fourth-order valence-corrected chi connectivity index (χ4v) is 0.376. The van der Waals surface area contributed by atoms with E-state index in [0.717, 1.165) is 0 Å². The Morgan fingerprint density at radius 2 is 1.92 bits per heavy atom. The molecule has 0 radical (unpaired) electrons. The smallest absolute Gasteiger partial charge is 0.397 e. The topological polar surface area (TPSA) is 117 Å². The molecule has 1 aromatic rings. The van der Waals surface area contributed by atoms with Gasteiger partial charge in [0.25, 0.3) is 0 Å². The Labute approximate surface area is 68.9 Å². The fraction of sp³-hybridized carbons (Fsp3) is 0. The molecule has 0 atom stereocenters. The number of anilines is 1. The minimum Gasteiger partial charge on any atom is -0.397 e. The van der Waals surface area contributed by atoms with Crippen LogP contribution in [-0.2, 0) is 4.57 Å². The van der Waals surface area contributed by atoms with E-state index in [4.69, 9.17) is 25.0 Å². The van der Waals surface area contributed by atoms with Gasteiger partial charge in [0.15, 0.2) is 0 Å². The van der Waals surface area contributed by atoms with Crippen LogP contribution in [0, 0.1) is 0 Å². The van der Waals surface area contributed by atoms with Crippen molar-refractivity contribution in [2.24, 2.45) is 0 Å². The van der Waals surface area contributed by atoms with Crippen LogP contribution in [0.25, 0.3) is 0 Å². The van der Waals surface area contributed by atoms with Crippen LogP contribution in [-0.4, -0.2) is 19.7 Å². The molecular formula is C5H9N2O4P. The van der Waals surface area contributed by atoms with Gasteiger partial charge in [-0.1, -0.05) is 0 Å². The van der Waals surface area contributed by atoms with Crippen molar-refractivity contribution in [1.82, 2.24) is 4.98 Å². The SMILES string of the molecule is Nc1cccnc1.O=P(O)(O)O. The van der Waals surface area contributed by atoms with Crippen molar-refractivity contribution in [3.05, 3.63) is 24.5 Å². The molecule has 1 aromatic heterocycles. The highest BCUT2D eigenvalue weighted by Gasteiger charge is 2.00. The Hall–Kier alpha value is -0.940. The number of pyridine rings is 1. The summed E-state index contributed by atoms with van der Waals surface area (Å²) in [6.07, 6.45) is 3.30. The summed E-state index contributed by atoms with van der Waals surface area (Å²) in [6.45, 7) is 0. The molecule has 0 bridgehead atoms. The van der Waals surface area contributed by atoms with Crippen molar-refractivity contribution in [2.75, 3.05) is 5.73 Å². The molecule has 0 spiro atoms. The molecule has 12 heavy (non-hydrogen) atoms. The molecule has 1 heterocycles. The third-order valence-corrected chi connectivity index (χ3v) is 0.684. The van der Waals surface area contributed by atoms with E-state index in [9.17, 15) is 0 Å². The average molecular weight is 192 g/mol. The number of hydrogen-bond acceptors (Lipinski definition) is 3. The molecule has 0 amide bonds. The molecule has 0 unspecified atom stereocenters. The van der Waals surface area contributed by atoms with E-state index in [1.807, 2.05) is 0 Å². The molecular weight excluding hydrogens is 183 g/mol. The zero-order valence-electron chi connectivity index (χ0n) is 6.03. The molecule has 0 fully saturated rings. The second kappa shape index (κ2) is 4.84. The van der Waals surface area contributed by atoms with E-state index in [1.54, 1.807) is 24.5 Å². The number of nitrogen functional groups attached to an aromatic ring is 1. The lowest BCUT2D eigenvalue weighted by Gasteiger charge is -1.83. The van der Waals surface area contributed by atoms with Crippen LogP contribution in [0.4, 0.5) is 5.69 Å². The predicted molar refractivity (Wildman–Crippen MR) is 42.9 cm³/mol. The first kappa shape index (κ1) is 11.1. The molecule has 7 heteroatoms. The Bertz CT molecular complexity index is 251. The van der Waals surface area contributed by atoms with E-state index in [-0.39, 0.29) is 0 Å². The summed E-state index contributed by atoms with van der Waals surface area (Å²) in [7, 11) is -4.64. The summed E-state index contributed by atoms with van der Waals surface area (Å²) in [4.78, 5) is 25.3. The van der Waals surface area contributed by atoms with E-state index < -0.39 is 7.82 Å². The fourth-order valence-electron chi connectivity index (χ4n) is 0.376. The van der Waals surface area contributed by atoms with Crippen molar-refractivity contribution >= 4 is 13.5 Å². The number of rotatable bonds is 0. The lowest BCUT2D eigenvalue weighted by atomic mass is 10.4. The maximum Gasteiger partial charge on any atom is 0.466 e. The van der Waals surface area contributed by atoms with Crippen LogP contribution < -0.4 is 5.73 Å². The van der Waals surface area contributed by atoms with Crippen molar-refractivity contribution in [3.63, 3.8) is 0 Å². The normalized spacial score (nSPS) is 9.92. The van der Waals surface area contributed by atoms with Crippen LogP contribution >= 0.6 is 7.82 Å². The van der Waals surface area contributed by atoms with Gasteiger partial charge >= 0.3 is 7.82 Å². The second-order valence-corrected chi connectivity index (χ2v) is 2.83. The minimum absolute atomic E-state index is 0.711. The van der Waals surface area contributed by atoms with E-state index >= 15 is 0 Å². The monoisotopic (exact) mass is 192 g/mol. The van der Waals surface area contributed by atoms with Gasteiger partial charge in [-0.2, -0.15) is 0 Å². The minimum atomic E-state index is -4.64.